The van der Waals surface area contributed by atoms with Crippen LogP contribution in [0.4, 0.5) is 0 Å². The molecule has 0 heterocycles. The van der Waals surface area contributed by atoms with Crippen LogP contribution in [0.1, 0.15) is 0 Å². The van der Waals surface area contributed by atoms with Gasteiger partial charge in [-0.2, -0.15) is 0 Å². The van der Waals surface area contributed by atoms with E-state index in [2.05, 4.69) is 8.88 Å². The molecule has 9 nitrogen and oxygen atoms in total. The second-order valence-corrected chi connectivity index (χ2v) is 3.60. The molecule has 0 amide bonds. The van der Waals surface area contributed by atoms with Gasteiger partial charge in [-0.3, -0.25) is 0 Å². The monoisotopic (exact) mass is 252 g/mol. The summed E-state index contributed by atoms with van der Waals surface area (Å²) < 4.78 is 25.0. The number of hydrogen-bond acceptors (Lipinski definition) is 9. The van der Waals surface area contributed by atoms with Gasteiger partial charge in [0.1, 0.15) is 0 Å². The van der Waals surface area contributed by atoms with Gasteiger partial charge in [0.2, 0.25) is 0 Å². The van der Waals surface area contributed by atoms with Crippen LogP contribution in [0.3, 0.4) is 0 Å². The van der Waals surface area contributed by atoms with Crippen molar-refractivity contribution in [3.05, 3.63) is 0 Å². The molecule has 0 N–H and O–H groups in total. The third-order valence-corrected chi connectivity index (χ3v) is 1.29. The Hall–Kier alpha value is 3.23. The summed E-state index contributed by atoms with van der Waals surface area (Å²) in [6.07, 6.45) is 0. The Bertz CT molecular complexity index is 212. The largest absolute Gasteiger partial charge is 1.00 e. The molecule has 0 aromatic rings. The van der Waals surface area contributed by atoms with Crippen molar-refractivity contribution >= 4 is 23.0 Å². The summed E-state index contributed by atoms with van der Waals surface area (Å²) in [5.74, 6) is 0. The predicted molar refractivity (Wildman–Crippen MR) is 23.1 cm³/mol. The summed E-state index contributed by atoms with van der Waals surface area (Å²) in [5.41, 5.74) is 0. The first-order valence-electron chi connectivity index (χ1n) is 2.17. The van der Waals surface area contributed by atoms with Crippen molar-refractivity contribution in [2.45, 2.75) is 0 Å². The Labute approximate surface area is 158 Å². The molecular formula is BLi5O9P2. The van der Waals surface area contributed by atoms with Crippen molar-refractivity contribution in [3.8, 4) is 0 Å². The fourth-order valence-electron chi connectivity index (χ4n) is 0.230. The maximum atomic E-state index is 9.97. The van der Waals surface area contributed by atoms with Gasteiger partial charge < -0.3 is 42.6 Å². The molecule has 0 saturated carbocycles. The van der Waals surface area contributed by atoms with Crippen LogP contribution in [-0.2, 0) is 18.0 Å². The number of phosphoric acid groups is 2. The topological polar surface area (TPSA) is 168 Å². The van der Waals surface area contributed by atoms with Crippen molar-refractivity contribution in [1.29, 1.82) is 0 Å². The van der Waals surface area contributed by atoms with E-state index in [1.807, 2.05) is 0 Å². The van der Waals surface area contributed by atoms with E-state index in [1.165, 1.54) is 0 Å². The van der Waals surface area contributed by atoms with Gasteiger partial charge in [0.05, 0.1) is 0 Å². The fraction of sp³-hybridized carbons (Fsp3) is 0. The van der Waals surface area contributed by atoms with E-state index in [1.54, 1.807) is 0 Å². The minimum absolute atomic E-state index is 0. The zero-order valence-electron chi connectivity index (χ0n) is 10.1. The van der Waals surface area contributed by atoms with Crippen molar-refractivity contribution < 1.29 is 137 Å². The van der Waals surface area contributed by atoms with Crippen LogP contribution >= 0.6 is 15.6 Å². The van der Waals surface area contributed by atoms with E-state index in [0.717, 1.165) is 0 Å². The Morgan fingerprint density at radius 2 is 0.882 bits per heavy atom. The summed E-state index contributed by atoms with van der Waals surface area (Å²) in [7, 11) is -14.5. The average molecular weight is 251 g/mol. The van der Waals surface area contributed by atoms with Gasteiger partial charge in [-0.25, -0.2) is 0 Å². The molecule has 0 aromatic carbocycles. The summed E-state index contributed by atoms with van der Waals surface area (Å²) in [6.45, 7) is 0. The van der Waals surface area contributed by atoms with Gasteiger partial charge in [-0.05, 0) is 0 Å². The van der Waals surface area contributed by atoms with E-state index in [-0.39, 0.29) is 94.3 Å². The Balaban J connectivity index is -0.0000000605. The second kappa shape index (κ2) is 15.6. The van der Waals surface area contributed by atoms with Crippen LogP contribution in [0.5, 0.6) is 0 Å². The molecule has 0 rings (SSSR count). The SMILES string of the molecule is O=P([O-])([O-])OB([O-])OP(=O)([O-])[O-].[Li+].[Li+].[Li+].[Li+].[Li+]. The molecule has 0 saturated heterocycles. The number of rotatable bonds is 4. The van der Waals surface area contributed by atoms with Crippen LogP contribution in [-0.4, -0.2) is 7.32 Å². The molecule has 0 spiro atoms. The van der Waals surface area contributed by atoms with Crippen LogP contribution in [0.2, 0.25) is 0 Å². The van der Waals surface area contributed by atoms with E-state index >= 15 is 0 Å². The molecule has 0 unspecified atom stereocenters. The van der Waals surface area contributed by atoms with Gasteiger partial charge in [0.25, 0.3) is 0 Å². The Morgan fingerprint density at radius 3 is 1.00 bits per heavy atom. The smallest absolute Gasteiger partial charge is 0.831 e. The van der Waals surface area contributed by atoms with E-state index in [0.29, 0.717) is 0 Å². The molecule has 0 radical (unpaired) electrons. The molecule has 17 heteroatoms. The van der Waals surface area contributed by atoms with Crippen LogP contribution in [0, 0.1) is 0 Å². The second-order valence-electron chi connectivity index (χ2n) is 1.39. The van der Waals surface area contributed by atoms with Gasteiger partial charge in [-0.1, -0.05) is 0 Å². The zero-order chi connectivity index (χ0) is 9.99. The molecule has 17 heavy (non-hydrogen) atoms. The van der Waals surface area contributed by atoms with Crippen LogP contribution in [0.15, 0.2) is 0 Å². The summed E-state index contributed by atoms with van der Waals surface area (Å²) >= 11 is 0. The van der Waals surface area contributed by atoms with Crippen molar-refractivity contribution in [2.75, 3.05) is 0 Å². The van der Waals surface area contributed by atoms with Gasteiger partial charge in [0.15, 0.2) is 0 Å². The quantitative estimate of drug-likeness (QED) is 0.348. The van der Waals surface area contributed by atoms with Crippen molar-refractivity contribution in [1.82, 2.24) is 0 Å². The normalized spacial score (nSPS) is 9.24. The summed E-state index contributed by atoms with van der Waals surface area (Å²) in [6, 6.07) is 0. The van der Waals surface area contributed by atoms with Gasteiger partial charge in [0, 0.05) is 15.6 Å². The maximum Gasteiger partial charge on any atom is 1.00 e. The molecule has 0 bridgehead atoms. The zero-order valence-corrected chi connectivity index (χ0v) is 11.9. The first-order chi connectivity index (χ1) is 5.10. The first kappa shape index (κ1) is 36.9. The van der Waals surface area contributed by atoms with Crippen molar-refractivity contribution in [2.24, 2.45) is 0 Å². The van der Waals surface area contributed by atoms with Crippen LogP contribution in [0.25, 0.3) is 0 Å². The predicted octanol–water partition coefficient (Wildman–Crippen LogP) is -20.0. The van der Waals surface area contributed by atoms with Crippen LogP contribution < -0.4 is 119 Å². The average Bonchev–Trinajstić information content (AvgIpc) is 1.49. The maximum absolute atomic E-state index is 9.97. The molecule has 0 atom stereocenters. The third-order valence-electron chi connectivity index (χ3n) is 0.430. The van der Waals surface area contributed by atoms with E-state index < -0.39 is 23.0 Å². The molecule has 0 aliphatic rings. The van der Waals surface area contributed by atoms with Crippen molar-refractivity contribution in [3.63, 3.8) is 0 Å². The minimum atomic E-state index is -5.64. The summed E-state index contributed by atoms with van der Waals surface area (Å²) in [4.78, 5) is 38.4. The molecular weight excluding hydrogens is 251 g/mol. The molecule has 0 aromatic heterocycles. The third kappa shape index (κ3) is 32.6. The van der Waals surface area contributed by atoms with E-state index in [4.69, 9.17) is 0 Å². The van der Waals surface area contributed by atoms with Gasteiger partial charge >= 0.3 is 102 Å². The standard InChI is InChI=1S/BH4O9P2.5Li/c2-1(9-11(3,4)5)10-12(6,7)8;;;;;/h(H2,3,4,5)(H2,6,7,8);;;;;/q-1;5*+1/p-4. The van der Waals surface area contributed by atoms with E-state index in [9.17, 15) is 33.7 Å². The van der Waals surface area contributed by atoms with Gasteiger partial charge in [-0.15, -0.1) is 0 Å². The first-order valence-corrected chi connectivity index (χ1v) is 5.09. The molecule has 0 aliphatic heterocycles. The molecule has 72 valence electrons. The molecule has 0 fully saturated rings. The summed E-state index contributed by atoms with van der Waals surface area (Å²) in [5, 5.41) is 9.97. The molecule has 0 aliphatic carbocycles. The fourth-order valence-corrected chi connectivity index (χ4v) is 0.806. The minimum Gasteiger partial charge on any atom is -0.831 e. The Morgan fingerprint density at radius 1 is 0.706 bits per heavy atom. The Kier molecular flexibility index (Phi) is 33.9. The number of hydrogen-bond donors (Lipinski definition) is 0.